The zero-order valence-electron chi connectivity index (χ0n) is 15.6. The van der Waals surface area contributed by atoms with E-state index < -0.39 is 6.10 Å². The first-order chi connectivity index (χ1) is 12.4. The van der Waals surface area contributed by atoms with Crippen molar-refractivity contribution in [2.75, 3.05) is 0 Å². The van der Waals surface area contributed by atoms with E-state index in [9.17, 15) is 10.2 Å². The van der Waals surface area contributed by atoms with Gasteiger partial charge in [0, 0.05) is 23.0 Å². The first-order valence-corrected chi connectivity index (χ1v) is 8.78. The Morgan fingerprint density at radius 2 is 1.85 bits per heavy atom. The summed E-state index contributed by atoms with van der Waals surface area (Å²) < 4.78 is 7.28. The molecule has 0 bridgehead atoms. The average molecular weight is 356 g/mol. The second-order valence-corrected chi connectivity index (χ2v) is 6.86. The van der Waals surface area contributed by atoms with Crippen LogP contribution >= 0.6 is 0 Å². The van der Waals surface area contributed by atoms with Crippen LogP contribution in [0.3, 0.4) is 0 Å². The fourth-order valence-corrected chi connectivity index (χ4v) is 3.26. The predicted molar refractivity (Wildman–Crippen MR) is 98.2 cm³/mol. The van der Waals surface area contributed by atoms with Crippen molar-refractivity contribution in [2.24, 2.45) is 0 Å². The van der Waals surface area contributed by atoms with Crippen molar-refractivity contribution < 1.29 is 20.1 Å². The van der Waals surface area contributed by atoms with Gasteiger partial charge in [0.05, 0.1) is 0 Å². The lowest BCUT2D eigenvalue weighted by molar-refractivity contribution is -0.709. The number of aromatic nitrogens is 2. The number of aryl methyl sites for hydroxylation is 2. The minimum atomic E-state index is -0.600. The van der Waals surface area contributed by atoms with E-state index in [1.54, 1.807) is 24.3 Å². The van der Waals surface area contributed by atoms with E-state index in [-0.39, 0.29) is 11.8 Å². The van der Waals surface area contributed by atoms with Crippen LogP contribution in [0.25, 0.3) is 5.82 Å². The molecular weight excluding hydrogens is 330 g/mol. The first-order valence-electron chi connectivity index (χ1n) is 8.78. The van der Waals surface area contributed by atoms with E-state index >= 15 is 0 Å². The molecule has 6 heteroatoms. The fraction of sp³-hybridized carbons (Fsp3) is 0.350. The molecule has 26 heavy (non-hydrogen) atoms. The molecule has 2 atom stereocenters. The molecule has 0 aliphatic heterocycles. The first kappa shape index (κ1) is 18.2. The van der Waals surface area contributed by atoms with Crippen LogP contribution in [0.1, 0.15) is 41.3 Å². The SMILES string of the molecule is Cc1cc(-n2c(C)cc(C[NH2+][C@H](C)[C@@H](O)c3ccc(O)cc3)c2C)no1. The van der Waals surface area contributed by atoms with Crippen molar-refractivity contribution >= 4 is 0 Å². The second-order valence-electron chi connectivity index (χ2n) is 6.86. The summed E-state index contributed by atoms with van der Waals surface area (Å²) in [5.41, 5.74) is 4.23. The van der Waals surface area contributed by atoms with Crippen LogP contribution in [0.15, 0.2) is 40.9 Å². The molecular formula is C20H26N3O3+. The molecule has 0 aliphatic rings. The lowest BCUT2D eigenvalue weighted by Crippen LogP contribution is -2.89. The standard InChI is InChI=1S/C20H25N3O3/c1-12-9-17(15(4)23(12)19-10-13(2)26-22-19)11-21-14(3)20(25)16-5-7-18(24)8-6-16/h5-10,14,20-21,24-25H,11H2,1-4H3/p+1/t14-,20-/m1/s1. The highest BCUT2D eigenvalue weighted by atomic mass is 16.5. The third kappa shape index (κ3) is 3.66. The summed E-state index contributed by atoms with van der Waals surface area (Å²) in [6.45, 7) is 8.76. The molecule has 0 unspecified atom stereocenters. The molecule has 2 heterocycles. The van der Waals surface area contributed by atoms with Gasteiger partial charge < -0.3 is 20.1 Å². The number of aliphatic hydroxyl groups is 1. The predicted octanol–water partition coefficient (Wildman–Crippen LogP) is 2.28. The van der Waals surface area contributed by atoms with Crippen molar-refractivity contribution in [3.05, 3.63) is 64.7 Å². The Balaban J connectivity index is 1.70. The molecule has 138 valence electrons. The molecule has 0 saturated heterocycles. The Bertz CT molecular complexity index is 880. The highest BCUT2D eigenvalue weighted by Gasteiger charge is 2.21. The van der Waals surface area contributed by atoms with Crippen molar-refractivity contribution in [3.8, 4) is 11.6 Å². The Kier molecular flexibility index (Phi) is 5.15. The molecule has 6 nitrogen and oxygen atoms in total. The largest absolute Gasteiger partial charge is 0.508 e. The Morgan fingerprint density at radius 1 is 1.15 bits per heavy atom. The van der Waals surface area contributed by atoms with Gasteiger partial charge in [-0.15, -0.1) is 0 Å². The van der Waals surface area contributed by atoms with Gasteiger partial charge in [-0.2, -0.15) is 0 Å². The van der Waals surface area contributed by atoms with Crippen molar-refractivity contribution in [1.29, 1.82) is 0 Å². The number of hydrogen-bond donors (Lipinski definition) is 3. The number of phenols is 1. The Labute approximate surface area is 153 Å². The second kappa shape index (κ2) is 7.35. The fourth-order valence-electron chi connectivity index (χ4n) is 3.26. The van der Waals surface area contributed by atoms with Crippen LogP contribution in [0.5, 0.6) is 5.75 Å². The minimum Gasteiger partial charge on any atom is -0.508 e. The molecule has 0 aliphatic carbocycles. The van der Waals surface area contributed by atoms with Crippen molar-refractivity contribution in [3.63, 3.8) is 0 Å². The molecule has 4 N–H and O–H groups in total. The summed E-state index contributed by atoms with van der Waals surface area (Å²) in [4.78, 5) is 0. The van der Waals surface area contributed by atoms with Gasteiger partial charge in [-0.3, -0.25) is 4.57 Å². The van der Waals surface area contributed by atoms with Crippen LogP contribution in [0.4, 0.5) is 0 Å². The van der Waals surface area contributed by atoms with Gasteiger partial charge >= 0.3 is 0 Å². The molecule has 0 fully saturated rings. The summed E-state index contributed by atoms with van der Waals surface area (Å²) in [5.74, 6) is 1.78. The summed E-state index contributed by atoms with van der Waals surface area (Å²) in [6.07, 6.45) is -0.600. The number of nitrogens with two attached hydrogens (primary N) is 1. The van der Waals surface area contributed by atoms with E-state index in [2.05, 4.69) is 35.0 Å². The lowest BCUT2D eigenvalue weighted by Gasteiger charge is -2.18. The third-order valence-electron chi connectivity index (χ3n) is 4.82. The normalized spacial score (nSPS) is 13.7. The zero-order valence-corrected chi connectivity index (χ0v) is 15.6. The quantitative estimate of drug-likeness (QED) is 0.632. The van der Waals surface area contributed by atoms with Crippen LogP contribution in [-0.2, 0) is 6.54 Å². The Hall–Kier alpha value is -2.57. The molecule has 2 aromatic heterocycles. The summed E-state index contributed by atoms with van der Waals surface area (Å²) in [6, 6.07) is 10.8. The number of nitrogens with zero attached hydrogens (tertiary/aromatic N) is 2. The number of rotatable bonds is 6. The van der Waals surface area contributed by atoms with E-state index in [1.165, 1.54) is 5.56 Å². The van der Waals surface area contributed by atoms with Gasteiger partial charge in [-0.1, -0.05) is 17.3 Å². The number of hydrogen-bond acceptors (Lipinski definition) is 4. The number of quaternary nitrogens is 1. The Morgan fingerprint density at radius 3 is 2.46 bits per heavy atom. The summed E-state index contributed by atoms with van der Waals surface area (Å²) >= 11 is 0. The van der Waals surface area contributed by atoms with Crippen molar-refractivity contribution in [2.45, 2.75) is 46.4 Å². The maximum absolute atomic E-state index is 10.5. The number of aromatic hydroxyl groups is 1. The van der Waals surface area contributed by atoms with Crippen LogP contribution in [0.2, 0.25) is 0 Å². The molecule has 0 spiro atoms. The molecule has 0 radical (unpaired) electrons. The highest BCUT2D eigenvalue weighted by Crippen LogP contribution is 2.21. The van der Waals surface area contributed by atoms with Crippen LogP contribution < -0.4 is 5.32 Å². The molecule has 0 saturated carbocycles. The lowest BCUT2D eigenvalue weighted by atomic mass is 10.0. The minimum absolute atomic E-state index is 0.0168. The number of aliphatic hydroxyl groups excluding tert-OH is 1. The summed E-state index contributed by atoms with van der Waals surface area (Å²) in [5, 5.41) is 26.1. The highest BCUT2D eigenvalue weighted by molar-refractivity contribution is 5.36. The van der Waals surface area contributed by atoms with Crippen molar-refractivity contribution in [1.82, 2.24) is 9.72 Å². The third-order valence-corrected chi connectivity index (χ3v) is 4.82. The van der Waals surface area contributed by atoms with E-state index in [0.29, 0.717) is 0 Å². The van der Waals surface area contributed by atoms with Crippen LogP contribution in [-0.4, -0.2) is 26.0 Å². The van der Waals surface area contributed by atoms with Gasteiger partial charge in [0.1, 0.15) is 30.2 Å². The van der Waals surface area contributed by atoms with Gasteiger partial charge in [-0.25, -0.2) is 0 Å². The number of benzene rings is 1. The van der Waals surface area contributed by atoms with E-state index in [0.717, 1.165) is 35.1 Å². The molecule has 3 aromatic rings. The van der Waals surface area contributed by atoms with Gasteiger partial charge in [0.2, 0.25) is 0 Å². The molecule has 0 amide bonds. The van der Waals surface area contributed by atoms with Crippen LogP contribution in [0, 0.1) is 20.8 Å². The smallest absolute Gasteiger partial charge is 0.180 e. The average Bonchev–Trinajstić information content (AvgIpc) is 3.15. The van der Waals surface area contributed by atoms with Gasteiger partial charge in [0.15, 0.2) is 5.82 Å². The maximum Gasteiger partial charge on any atom is 0.180 e. The summed E-state index contributed by atoms with van der Waals surface area (Å²) in [7, 11) is 0. The topological polar surface area (TPSA) is 88.0 Å². The molecule has 1 aromatic carbocycles. The van der Waals surface area contributed by atoms with E-state index in [4.69, 9.17) is 4.52 Å². The maximum atomic E-state index is 10.5. The monoisotopic (exact) mass is 356 g/mol. The zero-order chi connectivity index (χ0) is 18.8. The molecule has 3 rings (SSSR count). The van der Waals surface area contributed by atoms with Gasteiger partial charge in [0.25, 0.3) is 0 Å². The van der Waals surface area contributed by atoms with Gasteiger partial charge in [-0.05, 0) is 51.5 Å². The number of phenolic OH excluding ortho intramolecular Hbond substituents is 1. The van der Waals surface area contributed by atoms with E-state index in [1.807, 2.05) is 19.9 Å².